The molecule has 0 saturated carbocycles. The lowest BCUT2D eigenvalue weighted by Crippen LogP contribution is -2.45. The van der Waals surface area contributed by atoms with E-state index >= 15 is 0 Å². The lowest BCUT2D eigenvalue weighted by Gasteiger charge is -2.27. The van der Waals surface area contributed by atoms with Crippen molar-refractivity contribution in [3.8, 4) is 0 Å². The van der Waals surface area contributed by atoms with Crippen LogP contribution in [-0.4, -0.2) is 48.9 Å². The van der Waals surface area contributed by atoms with Gasteiger partial charge in [-0.1, -0.05) is 23.7 Å². The first-order valence-corrected chi connectivity index (χ1v) is 7.96. The maximum Gasteiger partial charge on any atom is 0.318 e. The van der Waals surface area contributed by atoms with Gasteiger partial charge >= 0.3 is 6.03 Å². The van der Waals surface area contributed by atoms with E-state index in [1.165, 1.54) is 0 Å². The zero-order valence-electron chi connectivity index (χ0n) is 12.8. The zero-order valence-corrected chi connectivity index (χ0v) is 13.6. The first kappa shape index (κ1) is 17.1. The number of carbonyl (C=O) groups is 1. The summed E-state index contributed by atoms with van der Waals surface area (Å²) < 4.78 is 5.14. The van der Waals surface area contributed by atoms with Crippen molar-refractivity contribution < 1.29 is 14.6 Å². The summed E-state index contributed by atoms with van der Waals surface area (Å²) in [4.78, 5) is 14.2. The molecule has 0 aromatic heterocycles. The number of aliphatic hydroxyl groups is 1. The van der Waals surface area contributed by atoms with Crippen molar-refractivity contribution in [1.82, 2.24) is 10.2 Å². The van der Waals surface area contributed by atoms with Crippen LogP contribution in [0.4, 0.5) is 4.79 Å². The molecule has 1 aromatic rings. The van der Waals surface area contributed by atoms with Gasteiger partial charge in [0.05, 0.1) is 18.7 Å². The molecule has 0 aliphatic carbocycles. The number of urea groups is 1. The lowest BCUT2D eigenvalue weighted by molar-refractivity contribution is 0.149. The first-order valence-electron chi connectivity index (χ1n) is 7.58. The summed E-state index contributed by atoms with van der Waals surface area (Å²) in [5.41, 5.74) is 0.995. The molecule has 1 fully saturated rings. The minimum absolute atomic E-state index is 0.0110. The molecule has 0 unspecified atom stereocenters. The van der Waals surface area contributed by atoms with Crippen LogP contribution in [0.1, 0.15) is 30.9 Å². The number of nitrogens with zero attached hydrogens (tertiary/aromatic N) is 1. The molecule has 2 amide bonds. The highest BCUT2D eigenvalue weighted by Gasteiger charge is 2.29. The highest BCUT2D eigenvalue weighted by atomic mass is 35.5. The molecule has 0 radical (unpaired) electrons. The second-order valence-electron chi connectivity index (χ2n) is 5.51. The topological polar surface area (TPSA) is 61.8 Å². The van der Waals surface area contributed by atoms with Crippen molar-refractivity contribution in [1.29, 1.82) is 0 Å². The number of hydrogen-bond acceptors (Lipinski definition) is 3. The summed E-state index contributed by atoms with van der Waals surface area (Å²) in [5.74, 6) is 0. The standard InChI is InChI=1S/C16H23ClN2O3/c1-22-10-8-15(12-4-6-13(17)7-5-12)18-16(21)19-9-2-3-14(19)11-20/h4-7,14-15,20H,2-3,8-11H2,1H3,(H,18,21)/t14-,15-/m0/s1. The normalized spacial score (nSPS) is 19.2. The highest BCUT2D eigenvalue weighted by Crippen LogP contribution is 2.22. The van der Waals surface area contributed by atoms with Gasteiger partial charge in [-0.05, 0) is 37.0 Å². The molecule has 2 atom stereocenters. The Bertz CT molecular complexity index is 481. The van der Waals surface area contributed by atoms with Gasteiger partial charge in [0.15, 0.2) is 0 Å². The molecule has 1 aliphatic heterocycles. The fourth-order valence-electron chi connectivity index (χ4n) is 2.78. The average Bonchev–Trinajstić information content (AvgIpc) is 3.01. The van der Waals surface area contributed by atoms with Gasteiger partial charge in [-0.25, -0.2) is 4.79 Å². The number of ether oxygens (including phenoxy) is 1. The minimum Gasteiger partial charge on any atom is -0.394 e. The number of rotatable bonds is 6. The van der Waals surface area contributed by atoms with Crippen molar-refractivity contribution in [2.24, 2.45) is 0 Å². The predicted molar refractivity (Wildman–Crippen MR) is 86.0 cm³/mol. The fraction of sp³-hybridized carbons (Fsp3) is 0.562. The van der Waals surface area contributed by atoms with Crippen LogP contribution in [0, 0.1) is 0 Å². The smallest absolute Gasteiger partial charge is 0.318 e. The van der Waals surface area contributed by atoms with Crippen LogP contribution in [0.3, 0.4) is 0 Å². The molecule has 1 aliphatic rings. The van der Waals surface area contributed by atoms with Gasteiger partial charge in [0.2, 0.25) is 0 Å². The van der Waals surface area contributed by atoms with E-state index in [-0.39, 0.29) is 24.7 Å². The van der Waals surface area contributed by atoms with Crippen LogP contribution in [-0.2, 0) is 4.74 Å². The first-order chi connectivity index (χ1) is 10.7. The maximum atomic E-state index is 12.5. The van der Waals surface area contributed by atoms with E-state index in [2.05, 4.69) is 5.32 Å². The van der Waals surface area contributed by atoms with E-state index in [1.807, 2.05) is 24.3 Å². The average molecular weight is 327 g/mol. The second kappa shape index (κ2) is 8.36. The van der Waals surface area contributed by atoms with E-state index in [9.17, 15) is 9.90 Å². The third-order valence-electron chi connectivity index (χ3n) is 4.03. The van der Waals surface area contributed by atoms with Gasteiger partial charge in [0.1, 0.15) is 0 Å². The van der Waals surface area contributed by atoms with Gasteiger partial charge in [0.25, 0.3) is 0 Å². The summed E-state index contributed by atoms with van der Waals surface area (Å²) in [6.07, 6.45) is 2.47. The van der Waals surface area contributed by atoms with Crippen LogP contribution in [0.15, 0.2) is 24.3 Å². The van der Waals surface area contributed by atoms with Crippen LogP contribution < -0.4 is 5.32 Å². The number of nitrogens with one attached hydrogen (secondary N) is 1. The van der Waals surface area contributed by atoms with Gasteiger partial charge in [0, 0.05) is 25.3 Å². The van der Waals surface area contributed by atoms with Crippen molar-refractivity contribution in [3.63, 3.8) is 0 Å². The van der Waals surface area contributed by atoms with Crippen LogP contribution in [0.25, 0.3) is 0 Å². The Morgan fingerprint density at radius 1 is 1.50 bits per heavy atom. The van der Waals surface area contributed by atoms with E-state index < -0.39 is 0 Å². The van der Waals surface area contributed by atoms with Crippen LogP contribution in [0.5, 0.6) is 0 Å². The van der Waals surface area contributed by atoms with Gasteiger partial charge in [-0.3, -0.25) is 0 Å². The van der Waals surface area contributed by atoms with Crippen molar-refractivity contribution >= 4 is 17.6 Å². The molecule has 1 aromatic carbocycles. The largest absolute Gasteiger partial charge is 0.394 e. The monoisotopic (exact) mass is 326 g/mol. The number of carbonyl (C=O) groups excluding carboxylic acids is 1. The van der Waals surface area contributed by atoms with Crippen LogP contribution >= 0.6 is 11.6 Å². The molecule has 0 bridgehead atoms. The Hall–Kier alpha value is -1.30. The second-order valence-corrected chi connectivity index (χ2v) is 5.94. The van der Waals surface area contributed by atoms with Crippen molar-refractivity contribution in [2.75, 3.05) is 26.9 Å². The summed E-state index contributed by atoms with van der Waals surface area (Å²) in [6, 6.07) is 7.11. The van der Waals surface area contributed by atoms with Crippen molar-refractivity contribution in [3.05, 3.63) is 34.9 Å². The Morgan fingerprint density at radius 3 is 2.86 bits per heavy atom. The molecule has 2 N–H and O–H groups in total. The number of amides is 2. The maximum absolute atomic E-state index is 12.5. The lowest BCUT2D eigenvalue weighted by atomic mass is 10.0. The molecule has 22 heavy (non-hydrogen) atoms. The number of benzene rings is 1. The Balaban J connectivity index is 2.05. The van der Waals surface area contributed by atoms with E-state index in [1.54, 1.807) is 12.0 Å². The minimum atomic E-state index is -0.135. The number of halogens is 1. The number of hydrogen-bond donors (Lipinski definition) is 2. The Kier molecular flexibility index (Phi) is 6.49. The van der Waals surface area contributed by atoms with E-state index in [0.717, 1.165) is 18.4 Å². The molecule has 122 valence electrons. The molecule has 5 nitrogen and oxygen atoms in total. The zero-order chi connectivity index (χ0) is 15.9. The molecular formula is C16H23ClN2O3. The quantitative estimate of drug-likeness (QED) is 0.844. The van der Waals surface area contributed by atoms with Gasteiger partial charge in [-0.15, -0.1) is 0 Å². The van der Waals surface area contributed by atoms with Gasteiger partial charge in [-0.2, -0.15) is 0 Å². The van der Waals surface area contributed by atoms with Crippen molar-refractivity contribution in [2.45, 2.75) is 31.3 Å². The molecule has 2 rings (SSSR count). The third kappa shape index (κ3) is 4.35. The molecule has 6 heteroatoms. The Labute approximate surface area is 136 Å². The molecule has 1 heterocycles. The Morgan fingerprint density at radius 2 is 2.23 bits per heavy atom. The van der Waals surface area contributed by atoms with E-state index in [4.69, 9.17) is 16.3 Å². The summed E-state index contributed by atoms with van der Waals surface area (Å²) in [6.45, 7) is 1.25. The molecule has 1 saturated heterocycles. The number of methoxy groups -OCH3 is 1. The van der Waals surface area contributed by atoms with Gasteiger partial charge < -0.3 is 20.1 Å². The fourth-order valence-corrected chi connectivity index (χ4v) is 2.90. The van der Waals surface area contributed by atoms with Crippen LogP contribution in [0.2, 0.25) is 5.02 Å². The third-order valence-corrected chi connectivity index (χ3v) is 4.28. The number of likely N-dealkylation sites (tertiary alicyclic amines) is 1. The summed E-state index contributed by atoms with van der Waals surface area (Å²) in [5, 5.41) is 13.1. The SMILES string of the molecule is COCC[C@H](NC(=O)N1CCC[C@H]1CO)c1ccc(Cl)cc1. The van der Waals surface area contributed by atoms with E-state index in [0.29, 0.717) is 24.6 Å². The molecular weight excluding hydrogens is 304 g/mol. The predicted octanol–water partition coefficient (Wildman–Crippen LogP) is 2.58. The number of aliphatic hydroxyl groups excluding tert-OH is 1. The summed E-state index contributed by atoms with van der Waals surface area (Å²) >= 11 is 5.92. The molecule has 0 spiro atoms. The highest BCUT2D eigenvalue weighted by molar-refractivity contribution is 6.30. The summed E-state index contributed by atoms with van der Waals surface area (Å²) in [7, 11) is 1.64.